The molecule has 0 bridgehead atoms. The molecule has 0 aromatic heterocycles. The van der Waals surface area contributed by atoms with E-state index in [0.29, 0.717) is 0 Å². The number of carbonyl (C=O) groups is 1. The Hall–Kier alpha value is -0.330. The molecular formula is C20H28O. The number of ketones is 1. The molecule has 0 amide bonds. The number of hydrogen-bond acceptors (Lipinski definition) is 1. The Morgan fingerprint density at radius 2 is 1.19 bits per heavy atom. The maximum Gasteiger partial charge on any atom is 0.139 e. The fraction of sp³-hybridized carbons (Fsp3) is 0.950. The second-order valence-electron chi connectivity index (χ2n) is 9.59. The molecule has 21 heavy (non-hydrogen) atoms. The van der Waals surface area contributed by atoms with Gasteiger partial charge in [-0.05, 0) is 105 Å². The van der Waals surface area contributed by atoms with Gasteiger partial charge in [0.1, 0.15) is 5.78 Å². The van der Waals surface area contributed by atoms with Gasteiger partial charge in [-0.3, -0.25) is 4.79 Å². The van der Waals surface area contributed by atoms with Gasteiger partial charge in [-0.25, -0.2) is 0 Å². The van der Waals surface area contributed by atoms with Crippen molar-refractivity contribution >= 4 is 5.78 Å². The van der Waals surface area contributed by atoms with Crippen LogP contribution in [0.3, 0.4) is 0 Å². The molecule has 114 valence electrons. The lowest BCUT2D eigenvalue weighted by molar-refractivity contribution is -0.144. The zero-order valence-electron chi connectivity index (χ0n) is 13.1. The topological polar surface area (TPSA) is 17.1 Å². The molecule has 0 aliphatic heterocycles. The summed E-state index contributed by atoms with van der Waals surface area (Å²) in [5.74, 6) is 8.15. The number of rotatable bonds is 0. The molecule has 0 heterocycles. The van der Waals surface area contributed by atoms with E-state index >= 15 is 0 Å². The van der Waals surface area contributed by atoms with Gasteiger partial charge in [-0.2, -0.15) is 0 Å². The first-order chi connectivity index (χ1) is 10.3. The molecule has 0 unspecified atom stereocenters. The van der Waals surface area contributed by atoms with Crippen LogP contribution in [0.25, 0.3) is 0 Å². The smallest absolute Gasteiger partial charge is 0.139 e. The monoisotopic (exact) mass is 284 g/mol. The van der Waals surface area contributed by atoms with E-state index in [2.05, 4.69) is 0 Å². The van der Waals surface area contributed by atoms with Crippen molar-refractivity contribution in [2.45, 2.75) is 64.2 Å². The van der Waals surface area contributed by atoms with Crippen molar-refractivity contribution in [2.24, 2.45) is 52.8 Å². The van der Waals surface area contributed by atoms with E-state index in [1.165, 1.54) is 57.8 Å². The van der Waals surface area contributed by atoms with E-state index in [1.807, 2.05) is 0 Å². The standard InChI is InChI=1S/C20H28O/c21-17-9-13-3-1-11-5-7-15(18(11)13)20(17)10-14-4-2-12-6-8-16(20)19(12)14/h11-16,18-19H,1-10H2/t11-,12-,13+,14+,15-,16-,18-,19-,20-/m1/s1. The van der Waals surface area contributed by atoms with Gasteiger partial charge in [0.25, 0.3) is 0 Å². The lowest BCUT2D eigenvalue weighted by Crippen LogP contribution is -2.50. The van der Waals surface area contributed by atoms with E-state index in [-0.39, 0.29) is 5.41 Å². The minimum absolute atomic E-state index is 0.199. The Bertz CT molecular complexity index is 510. The molecule has 0 saturated heterocycles. The first-order valence-corrected chi connectivity index (χ1v) is 9.82. The molecule has 1 heteroatoms. The average Bonchev–Trinajstić information content (AvgIpc) is 3.22. The molecule has 6 rings (SSSR count). The fourth-order valence-corrected chi connectivity index (χ4v) is 9.20. The van der Waals surface area contributed by atoms with Gasteiger partial charge in [0.15, 0.2) is 0 Å². The summed E-state index contributed by atoms with van der Waals surface area (Å²) < 4.78 is 0. The lowest BCUT2D eigenvalue weighted by atomic mass is 9.54. The van der Waals surface area contributed by atoms with Crippen LogP contribution in [0.4, 0.5) is 0 Å². The molecule has 6 aliphatic carbocycles. The summed E-state index contributed by atoms with van der Waals surface area (Å²) in [5, 5.41) is 0. The summed E-state index contributed by atoms with van der Waals surface area (Å²) in [7, 11) is 0. The van der Waals surface area contributed by atoms with Gasteiger partial charge in [-0.1, -0.05) is 0 Å². The quantitative estimate of drug-likeness (QED) is 0.642. The third kappa shape index (κ3) is 1.23. The van der Waals surface area contributed by atoms with Crippen molar-refractivity contribution < 1.29 is 4.79 Å². The van der Waals surface area contributed by atoms with Crippen LogP contribution < -0.4 is 0 Å². The summed E-state index contributed by atoms with van der Waals surface area (Å²) in [6.45, 7) is 0. The van der Waals surface area contributed by atoms with Crippen molar-refractivity contribution in [3.63, 3.8) is 0 Å². The van der Waals surface area contributed by atoms with Crippen LogP contribution in [-0.4, -0.2) is 5.78 Å². The Morgan fingerprint density at radius 1 is 0.667 bits per heavy atom. The third-order valence-electron chi connectivity index (χ3n) is 9.51. The molecular weight excluding hydrogens is 256 g/mol. The van der Waals surface area contributed by atoms with Crippen LogP contribution in [0.5, 0.6) is 0 Å². The summed E-state index contributed by atoms with van der Waals surface area (Å²) in [5.41, 5.74) is 0.199. The predicted molar refractivity (Wildman–Crippen MR) is 81.5 cm³/mol. The van der Waals surface area contributed by atoms with Crippen molar-refractivity contribution in [1.82, 2.24) is 0 Å². The van der Waals surface area contributed by atoms with Crippen LogP contribution in [0.2, 0.25) is 0 Å². The van der Waals surface area contributed by atoms with Gasteiger partial charge in [0.05, 0.1) is 0 Å². The summed E-state index contributed by atoms with van der Waals surface area (Å²) >= 11 is 0. The molecule has 0 N–H and O–H groups in total. The Labute approximate surface area is 128 Å². The second kappa shape index (κ2) is 3.77. The van der Waals surface area contributed by atoms with E-state index < -0.39 is 0 Å². The minimum Gasteiger partial charge on any atom is -0.299 e. The van der Waals surface area contributed by atoms with Crippen molar-refractivity contribution in [3.8, 4) is 0 Å². The maximum absolute atomic E-state index is 13.4. The van der Waals surface area contributed by atoms with Crippen molar-refractivity contribution in [2.75, 3.05) is 0 Å². The van der Waals surface area contributed by atoms with Crippen LogP contribution in [-0.2, 0) is 4.79 Å². The highest BCUT2D eigenvalue weighted by molar-refractivity contribution is 5.87. The molecule has 1 nitrogen and oxygen atoms in total. The van der Waals surface area contributed by atoms with Gasteiger partial charge < -0.3 is 0 Å². The van der Waals surface area contributed by atoms with E-state index in [0.717, 1.165) is 59.5 Å². The second-order valence-corrected chi connectivity index (χ2v) is 9.59. The van der Waals surface area contributed by atoms with Gasteiger partial charge in [-0.15, -0.1) is 0 Å². The Balaban J connectivity index is 1.47. The van der Waals surface area contributed by atoms with E-state index in [9.17, 15) is 4.79 Å². The van der Waals surface area contributed by atoms with Crippen molar-refractivity contribution in [1.29, 1.82) is 0 Å². The zero-order chi connectivity index (χ0) is 13.8. The number of fused-ring (bicyclic) bond motifs is 2. The molecule has 0 aromatic rings. The van der Waals surface area contributed by atoms with Crippen LogP contribution >= 0.6 is 0 Å². The molecule has 6 fully saturated rings. The largest absolute Gasteiger partial charge is 0.299 e. The van der Waals surface area contributed by atoms with E-state index in [1.54, 1.807) is 0 Å². The molecule has 6 aliphatic rings. The zero-order valence-corrected chi connectivity index (χ0v) is 13.1. The first-order valence-electron chi connectivity index (χ1n) is 9.82. The summed E-state index contributed by atoms with van der Waals surface area (Å²) in [6, 6.07) is 0. The van der Waals surface area contributed by atoms with Gasteiger partial charge >= 0.3 is 0 Å². The molecule has 9 atom stereocenters. The molecule has 0 radical (unpaired) electrons. The first kappa shape index (κ1) is 12.1. The SMILES string of the molecule is O=C1C[C@@H]2CC[C@@H]3CC[C@H]([C@H]32)[C@@]12C[C@@H]1CC[C@@H]3CC[C@@H]2[C@H]31. The lowest BCUT2D eigenvalue weighted by Gasteiger charge is -2.48. The summed E-state index contributed by atoms with van der Waals surface area (Å²) in [4.78, 5) is 13.4. The van der Waals surface area contributed by atoms with Crippen molar-refractivity contribution in [3.05, 3.63) is 0 Å². The fourth-order valence-electron chi connectivity index (χ4n) is 9.20. The highest BCUT2D eigenvalue weighted by Crippen LogP contribution is 2.73. The normalized spacial score (nSPS) is 63.5. The molecule has 6 saturated carbocycles. The van der Waals surface area contributed by atoms with Crippen LogP contribution in [0.1, 0.15) is 64.2 Å². The predicted octanol–water partition coefficient (Wildman–Crippen LogP) is 4.45. The Morgan fingerprint density at radius 3 is 1.90 bits per heavy atom. The Kier molecular flexibility index (Phi) is 2.18. The van der Waals surface area contributed by atoms with Gasteiger partial charge in [0.2, 0.25) is 0 Å². The number of carbonyl (C=O) groups excluding carboxylic acids is 1. The van der Waals surface area contributed by atoms with Crippen LogP contribution in [0.15, 0.2) is 0 Å². The maximum atomic E-state index is 13.4. The molecule has 1 spiro atoms. The van der Waals surface area contributed by atoms with Gasteiger partial charge in [0, 0.05) is 11.8 Å². The number of hydrogen-bond donors (Lipinski definition) is 0. The highest BCUT2D eigenvalue weighted by Gasteiger charge is 2.69. The molecule has 0 aromatic carbocycles. The summed E-state index contributed by atoms with van der Waals surface area (Å²) in [6.07, 6.45) is 13.9. The van der Waals surface area contributed by atoms with E-state index in [4.69, 9.17) is 0 Å². The number of Topliss-reactive ketones (excluding diaryl/α,β-unsaturated/α-hetero) is 1. The average molecular weight is 284 g/mol. The third-order valence-corrected chi connectivity index (χ3v) is 9.51. The van der Waals surface area contributed by atoms with Crippen LogP contribution in [0, 0.1) is 52.8 Å². The minimum atomic E-state index is 0.199. The highest BCUT2D eigenvalue weighted by atomic mass is 16.1.